The van der Waals surface area contributed by atoms with Gasteiger partial charge in [-0.2, -0.15) is 0 Å². The zero-order chi connectivity index (χ0) is 14.6. The minimum Gasteiger partial charge on any atom is -0.298 e. The van der Waals surface area contributed by atoms with Crippen LogP contribution in [0.1, 0.15) is 59.8 Å². The quantitative estimate of drug-likeness (QED) is 0.579. The minimum atomic E-state index is -1.93. The van der Waals surface area contributed by atoms with Gasteiger partial charge >= 0.3 is 0 Å². The molecule has 0 aromatic carbocycles. The number of nitrogens with zero attached hydrogens (tertiary/aromatic N) is 1. The lowest BCUT2D eigenvalue weighted by molar-refractivity contribution is 0.0532. The maximum atomic E-state index is 8.30. The lowest BCUT2D eigenvalue weighted by Crippen LogP contribution is -2.47. The number of hydrogen-bond acceptors (Lipinski definition) is 1. The second-order valence-electron chi connectivity index (χ2n) is 6.29. The molecular weight excluding hydrogens is 170 g/mol. The summed E-state index contributed by atoms with van der Waals surface area (Å²) in [5.41, 5.74) is -0.583. The van der Waals surface area contributed by atoms with Crippen molar-refractivity contribution in [3.8, 4) is 0 Å². The minimum absolute atomic E-state index is 0.221. The van der Waals surface area contributed by atoms with Crippen LogP contribution in [0.5, 0.6) is 0 Å². The molecule has 1 heterocycles. The first kappa shape index (κ1) is 7.27. The van der Waals surface area contributed by atoms with Crippen molar-refractivity contribution in [1.29, 1.82) is 0 Å². The summed E-state index contributed by atoms with van der Waals surface area (Å²) in [6.07, 6.45) is -1.13. The van der Waals surface area contributed by atoms with Crippen molar-refractivity contribution in [3.05, 3.63) is 0 Å². The van der Waals surface area contributed by atoms with E-state index in [-0.39, 0.29) is 16.9 Å². The van der Waals surface area contributed by atoms with E-state index in [4.69, 9.17) is 5.48 Å². The van der Waals surface area contributed by atoms with E-state index in [0.717, 1.165) is 0 Å². The van der Waals surface area contributed by atoms with Crippen LogP contribution in [0.2, 0.25) is 0 Å². The molecule has 0 N–H and O–H groups in total. The molecule has 0 aromatic rings. The second kappa shape index (κ2) is 3.84. The van der Waals surface area contributed by atoms with Crippen LogP contribution in [-0.4, -0.2) is 23.5 Å². The van der Waals surface area contributed by atoms with E-state index in [0.29, 0.717) is 13.0 Å². The van der Waals surface area contributed by atoms with Crippen LogP contribution < -0.4 is 0 Å². The van der Waals surface area contributed by atoms with Crippen LogP contribution in [0.15, 0.2) is 0 Å². The Morgan fingerprint density at radius 2 is 1.71 bits per heavy atom. The van der Waals surface area contributed by atoms with Gasteiger partial charge in [0.05, 0.1) is 0 Å². The fourth-order valence-electron chi connectivity index (χ4n) is 1.69. The van der Waals surface area contributed by atoms with Crippen LogP contribution >= 0.6 is 0 Å². The zero-order valence-corrected chi connectivity index (χ0v) is 10.4. The van der Waals surface area contributed by atoms with Crippen LogP contribution in [0.3, 0.4) is 0 Å². The van der Waals surface area contributed by atoms with Gasteiger partial charge < -0.3 is 0 Å². The van der Waals surface area contributed by atoms with Gasteiger partial charge in [0.1, 0.15) is 0 Å². The van der Waals surface area contributed by atoms with Gasteiger partial charge in [-0.25, -0.2) is 0 Å². The number of likely N-dealkylation sites (tertiary alicyclic amines) is 1. The van der Waals surface area contributed by atoms with Crippen molar-refractivity contribution < 1.29 is 5.48 Å². The molecule has 1 nitrogen and oxygen atoms in total. The molecular formula is C13H27N. The van der Waals surface area contributed by atoms with Gasteiger partial charge in [0.15, 0.2) is 0 Å². The number of hydrogen-bond donors (Lipinski definition) is 0. The van der Waals surface area contributed by atoms with E-state index in [1.807, 2.05) is 41.5 Å². The third-order valence-corrected chi connectivity index (χ3v) is 2.87. The van der Waals surface area contributed by atoms with Gasteiger partial charge in [0.25, 0.3) is 0 Å². The highest BCUT2D eigenvalue weighted by atomic mass is 15.2. The number of piperidine rings is 1. The molecule has 0 saturated carbocycles. The monoisotopic (exact) mass is 201 g/mol. The third-order valence-electron chi connectivity index (χ3n) is 2.87. The maximum Gasteiger partial charge on any atom is 0.0431 e. The summed E-state index contributed by atoms with van der Waals surface area (Å²) >= 11 is 0. The van der Waals surface area contributed by atoms with Gasteiger partial charge in [0.2, 0.25) is 0 Å². The Kier molecular flexibility index (Phi) is 2.00. The molecule has 0 spiro atoms. The van der Waals surface area contributed by atoms with Gasteiger partial charge in [0, 0.05) is 11.0 Å². The van der Waals surface area contributed by atoms with Crippen molar-refractivity contribution in [2.75, 3.05) is 13.0 Å². The van der Waals surface area contributed by atoms with Crippen LogP contribution in [0.4, 0.5) is 0 Å². The maximum absolute atomic E-state index is 8.30. The summed E-state index contributed by atoms with van der Waals surface area (Å²) in [6, 6.07) is 0. The van der Waals surface area contributed by atoms with Crippen molar-refractivity contribution in [2.45, 2.75) is 59.9 Å². The van der Waals surface area contributed by atoms with E-state index < -0.39 is 12.9 Å². The average Bonchev–Trinajstić information content (AvgIpc) is 2.04. The van der Waals surface area contributed by atoms with Gasteiger partial charge in [-0.15, -0.1) is 0 Å². The normalized spacial score (nSPS) is 38.0. The predicted octanol–water partition coefficient (Wildman–Crippen LogP) is 3.54. The molecule has 1 aliphatic heterocycles. The lowest BCUT2D eigenvalue weighted by Gasteiger charge is -2.44. The summed E-state index contributed by atoms with van der Waals surface area (Å²) in [7, 11) is 0. The first-order valence-electron chi connectivity index (χ1n) is 7.50. The fourth-order valence-corrected chi connectivity index (χ4v) is 1.69. The van der Waals surface area contributed by atoms with Crippen molar-refractivity contribution in [2.24, 2.45) is 11.3 Å². The molecule has 14 heavy (non-hydrogen) atoms. The largest absolute Gasteiger partial charge is 0.298 e. The molecule has 1 saturated heterocycles. The highest BCUT2D eigenvalue weighted by Gasteiger charge is 2.32. The third kappa shape index (κ3) is 2.98. The Morgan fingerprint density at radius 3 is 2.14 bits per heavy atom. The summed E-state index contributed by atoms with van der Waals surface area (Å²) in [5.74, 6) is -0.265. The van der Waals surface area contributed by atoms with Gasteiger partial charge in [-0.3, -0.25) is 4.90 Å². The molecule has 1 atom stereocenters. The lowest BCUT2D eigenvalue weighted by atomic mass is 9.75. The Labute approximate surface area is 95.5 Å². The first-order chi connectivity index (χ1) is 7.72. The molecule has 1 aliphatic rings. The van der Waals surface area contributed by atoms with Crippen LogP contribution in [0, 0.1) is 11.3 Å². The Balaban J connectivity index is 3.18. The fraction of sp³-hybridized carbons (Fsp3) is 1.00. The Hall–Kier alpha value is -0.0400. The summed E-state index contributed by atoms with van der Waals surface area (Å²) < 4.78 is 33.1. The van der Waals surface area contributed by atoms with E-state index in [2.05, 4.69) is 0 Å². The topological polar surface area (TPSA) is 3.24 Å². The highest BCUT2D eigenvalue weighted by Crippen LogP contribution is 2.35. The predicted molar refractivity (Wildman–Crippen MR) is 63.5 cm³/mol. The number of rotatable bonds is 0. The molecule has 0 amide bonds. The van der Waals surface area contributed by atoms with Crippen molar-refractivity contribution in [3.63, 3.8) is 0 Å². The standard InChI is InChI=1S/C13H27N/c1-12(2,3)11-7-9-14(10-8-11)13(4,5)6/h11H,7-10H2,1-6H3/i7D2,9D2. The van der Waals surface area contributed by atoms with E-state index in [1.54, 1.807) is 4.90 Å². The zero-order valence-electron chi connectivity index (χ0n) is 14.4. The van der Waals surface area contributed by atoms with E-state index >= 15 is 0 Å². The molecule has 1 rings (SSSR count). The molecule has 84 valence electrons. The highest BCUT2D eigenvalue weighted by molar-refractivity contribution is 4.85. The van der Waals surface area contributed by atoms with Crippen molar-refractivity contribution in [1.82, 2.24) is 4.90 Å². The molecule has 1 fully saturated rings. The smallest absolute Gasteiger partial charge is 0.0431 e. The van der Waals surface area contributed by atoms with Crippen LogP contribution in [0.25, 0.3) is 0 Å². The summed E-state index contributed by atoms with van der Waals surface area (Å²) in [4.78, 5) is 1.67. The van der Waals surface area contributed by atoms with Gasteiger partial charge in [-0.1, -0.05) is 20.8 Å². The Morgan fingerprint density at radius 1 is 1.14 bits per heavy atom. The first-order valence-corrected chi connectivity index (χ1v) is 5.50. The van der Waals surface area contributed by atoms with Crippen molar-refractivity contribution >= 4 is 0 Å². The second-order valence-corrected chi connectivity index (χ2v) is 6.29. The average molecular weight is 201 g/mol. The Bertz CT molecular complexity index is 280. The van der Waals surface area contributed by atoms with Gasteiger partial charge in [-0.05, 0) is 57.9 Å². The summed E-state index contributed by atoms with van der Waals surface area (Å²) in [6.45, 7) is 10.5. The van der Waals surface area contributed by atoms with E-state index in [9.17, 15) is 0 Å². The molecule has 1 unspecified atom stereocenters. The SMILES string of the molecule is [2H]C1([2H])C(C(C)(C)C)CCN(C(C)(C)C)C1([2H])[2H]. The van der Waals surface area contributed by atoms with E-state index in [1.165, 1.54) is 0 Å². The summed E-state index contributed by atoms with van der Waals surface area (Å²) in [5, 5.41) is 0. The van der Waals surface area contributed by atoms with Crippen LogP contribution in [-0.2, 0) is 0 Å². The molecule has 0 aliphatic carbocycles. The molecule has 0 bridgehead atoms. The molecule has 0 radical (unpaired) electrons. The molecule has 1 heteroatoms. The molecule has 0 aromatic heterocycles.